The number of halogens is 3. The van der Waals surface area contributed by atoms with Crippen LogP contribution in [0, 0.1) is 3.57 Å². The van der Waals surface area contributed by atoms with Crippen molar-refractivity contribution in [2.75, 3.05) is 0 Å². The van der Waals surface area contributed by atoms with Crippen LogP contribution >= 0.6 is 57.6 Å². The molecule has 31 heavy (non-hydrogen) atoms. The van der Waals surface area contributed by atoms with Crippen molar-refractivity contribution >= 4 is 74.7 Å². The molecular formula is C23H23Cl2IN2O2S. The predicted octanol–water partition coefficient (Wildman–Crippen LogP) is 7.27. The first-order chi connectivity index (χ1) is 14.7. The van der Waals surface area contributed by atoms with E-state index in [0.29, 0.717) is 21.6 Å². The van der Waals surface area contributed by atoms with Crippen molar-refractivity contribution in [3.8, 4) is 5.75 Å². The fraction of sp³-hybridized carbons (Fsp3) is 0.304. The van der Waals surface area contributed by atoms with E-state index >= 15 is 0 Å². The second-order valence-corrected chi connectivity index (χ2v) is 10.6. The summed E-state index contributed by atoms with van der Waals surface area (Å²) in [5.74, 6) is 0.763. The third-order valence-corrected chi connectivity index (χ3v) is 6.93. The van der Waals surface area contributed by atoms with Gasteiger partial charge in [0.2, 0.25) is 0 Å². The van der Waals surface area contributed by atoms with E-state index in [-0.39, 0.29) is 18.0 Å². The molecule has 1 heterocycles. The molecule has 164 valence electrons. The summed E-state index contributed by atoms with van der Waals surface area (Å²) in [6, 6.07) is 11.5. The van der Waals surface area contributed by atoms with Gasteiger partial charge in [0.15, 0.2) is 5.17 Å². The smallest absolute Gasteiger partial charge is 0.266 e. The molecule has 4 nitrogen and oxygen atoms in total. The first-order valence-corrected chi connectivity index (χ1v) is 12.5. The van der Waals surface area contributed by atoms with Crippen LogP contribution in [0.1, 0.15) is 38.8 Å². The Morgan fingerprint density at radius 2 is 1.87 bits per heavy atom. The quantitative estimate of drug-likeness (QED) is 0.263. The lowest BCUT2D eigenvalue weighted by Gasteiger charge is -2.20. The van der Waals surface area contributed by atoms with E-state index in [1.807, 2.05) is 58.0 Å². The van der Waals surface area contributed by atoms with Gasteiger partial charge in [-0.25, -0.2) is 0 Å². The van der Waals surface area contributed by atoms with Gasteiger partial charge < -0.3 is 4.74 Å². The second kappa shape index (κ2) is 10.6. The lowest BCUT2D eigenvalue weighted by atomic mass is 10.2. The number of amides is 1. The Bertz CT molecular complexity index is 1050. The highest BCUT2D eigenvalue weighted by Gasteiger charge is 2.35. The van der Waals surface area contributed by atoms with Crippen LogP contribution in [0.15, 0.2) is 46.3 Å². The van der Waals surface area contributed by atoms with Crippen LogP contribution < -0.4 is 4.74 Å². The van der Waals surface area contributed by atoms with E-state index in [0.717, 1.165) is 25.6 Å². The summed E-state index contributed by atoms with van der Waals surface area (Å²) in [5, 5.41) is 1.79. The molecule has 0 aromatic heterocycles. The number of ether oxygens (including phenoxy) is 1. The van der Waals surface area contributed by atoms with Crippen LogP contribution in [-0.2, 0) is 11.4 Å². The average Bonchev–Trinajstić information content (AvgIpc) is 2.98. The van der Waals surface area contributed by atoms with Gasteiger partial charge in [-0.15, -0.1) is 0 Å². The van der Waals surface area contributed by atoms with Crippen molar-refractivity contribution < 1.29 is 9.53 Å². The molecule has 1 aliphatic rings. The molecule has 0 unspecified atom stereocenters. The van der Waals surface area contributed by atoms with Gasteiger partial charge >= 0.3 is 0 Å². The maximum absolute atomic E-state index is 12.9. The molecule has 1 fully saturated rings. The number of amidine groups is 1. The van der Waals surface area contributed by atoms with Gasteiger partial charge in [0.05, 0.1) is 18.5 Å². The Balaban J connectivity index is 1.77. The Morgan fingerprint density at radius 1 is 1.13 bits per heavy atom. The lowest BCUT2D eigenvalue weighted by molar-refractivity contribution is -0.123. The van der Waals surface area contributed by atoms with Crippen LogP contribution in [-0.4, -0.2) is 28.1 Å². The molecule has 0 atom stereocenters. The molecule has 0 spiro atoms. The highest BCUT2D eigenvalue weighted by Crippen LogP contribution is 2.35. The van der Waals surface area contributed by atoms with Crippen molar-refractivity contribution in [1.29, 1.82) is 0 Å². The fourth-order valence-corrected chi connectivity index (χ4v) is 5.17. The lowest BCUT2D eigenvalue weighted by Crippen LogP contribution is -2.35. The Morgan fingerprint density at radius 3 is 2.48 bits per heavy atom. The third kappa shape index (κ3) is 6.18. The Hall–Kier alpha value is -1.22. The standard InChI is InChI=1S/C23H23Cl2IN2O2S/c1-13(2)27-23-28(14(3)4)22(29)21(31-23)11-15-6-8-20(19(26)10-15)30-12-16-5-7-17(24)18(25)9-16/h5-11,13-14H,12H2,1-4H3/b21-11+,27-23?. The van der Waals surface area contributed by atoms with E-state index in [2.05, 4.69) is 27.6 Å². The molecule has 3 rings (SSSR count). The maximum Gasteiger partial charge on any atom is 0.266 e. The molecular weight excluding hydrogens is 566 g/mol. The van der Waals surface area contributed by atoms with E-state index in [1.54, 1.807) is 17.0 Å². The highest BCUT2D eigenvalue weighted by molar-refractivity contribution is 14.1. The van der Waals surface area contributed by atoms with Gasteiger partial charge in [-0.3, -0.25) is 14.7 Å². The fourth-order valence-electron chi connectivity index (χ4n) is 2.92. The SMILES string of the molecule is CC(C)N=C1S/C(=C/c2ccc(OCc3ccc(Cl)c(Cl)c3)c(I)c2)C(=O)N1C(C)C. The van der Waals surface area contributed by atoms with E-state index in [9.17, 15) is 4.79 Å². The van der Waals surface area contributed by atoms with Gasteiger partial charge in [0.25, 0.3) is 5.91 Å². The highest BCUT2D eigenvalue weighted by atomic mass is 127. The summed E-state index contributed by atoms with van der Waals surface area (Å²) in [6.45, 7) is 8.41. The number of nitrogens with zero attached hydrogens (tertiary/aromatic N) is 2. The third-order valence-electron chi connectivity index (χ3n) is 4.35. The zero-order chi connectivity index (χ0) is 22.7. The van der Waals surface area contributed by atoms with Crippen LogP contribution in [0.5, 0.6) is 5.75 Å². The molecule has 0 saturated carbocycles. The normalized spacial score (nSPS) is 16.9. The monoisotopic (exact) mass is 588 g/mol. The molecule has 0 radical (unpaired) electrons. The summed E-state index contributed by atoms with van der Waals surface area (Å²) < 4.78 is 6.90. The second-order valence-electron chi connectivity index (χ2n) is 7.61. The van der Waals surface area contributed by atoms with Crippen molar-refractivity contribution in [3.05, 3.63) is 66.0 Å². The maximum atomic E-state index is 12.9. The van der Waals surface area contributed by atoms with Gasteiger partial charge in [0, 0.05) is 12.1 Å². The number of carbonyl (C=O) groups excluding carboxylic acids is 1. The molecule has 1 amide bonds. The number of aliphatic imine (C=N–C) groups is 1. The number of hydrogen-bond donors (Lipinski definition) is 0. The van der Waals surface area contributed by atoms with Crippen LogP contribution in [0.25, 0.3) is 6.08 Å². The molecule has 1 saturated heterocycles. The minimum atomic E-state index is -0.00523. The van der Waals surface area contributed by atoms with Crippen LogP contribution in [0.4, 0.5) is 0 Å². The minimum Gasteiger partial charge on any atom is -0.488 e. The summed E-state index contributed by atoms with van der Waals surface area (Å²) in [4.78, 5) is 20.0. The number of carbonyl (C=O) groups is 1. The van der Waals surface area contributed by atoms with E-state index in [1.165, 1.54) is 11.8 Å². The number of thioether (sulfide) groups is 1. The van der Waals surface area contributed by atoms with Crippen LogP contribution in [0.3, 0.4) is 0 Å². The van der Waals surface area contributed by atoms with Crippen molar-refractivity contribution in [3.63, 3.8) is 0 Å². The average molecular weight is 589 g/mol. The number of rotatable bonds is 6. The van der Waals surface area contributed by atoms with Gasteiger partial charge in [-0.1, -0.05) is 35.3 Å². The topological polar surface area (TPSA) is 41.9 Å². The van der Waals surface area contributed by atoms with Crippen molar-refractivity contribution in [2.45, 2.75) is 46.4 Å². The summed E-state index contributed by atoms with van der Waals surface area (Å²) in [6.07, 6.45) is 1.91. The zero-order valence-electron chi connectivity index (χ0n) is 17.7. The van der Waals surface area contributed by atoms with Crippen molar-refractivity contribution in [1.82, 2.24) is 4.90 Å². The molecule has 8 heteroatoms. The summed E-state index contributed by atoms with van der Waals surface area (Å²) in [5.41, 5.74) is 1.88. The largest absolute Gasteiger partial charge is 0.488 e. The zero-order valence-corrected chi connectivity index (χ0v) is 22.1. The summed E-state index contributed by atoms with van der Waals surface area (Å²) in [7, 11) is 0. The Labute approximate surface area is 211 Å². The predicted molar refractivity (Wildman–Crippen MR) is 140 cm³/mol. The van der Waals surface area contributed by atoms with Crippen LogP contribution in [0.2, 0.25) is 10.0 Å². The van der Waals surface area contributed by atoms with E-state index in [4.69, 9.17) is 27.9 Å². The molecule has 0 N–H and O–H groups in total. The van der Waals surface area contributed by atoms with Crippen molar-refractivity contribution in [2.24, 2.45) is 4.99 Å². The number of benzene rings is 2. The minimum absolute atomic E-state index is 0.00523. The molecule has 0 bridgehead atoms. The summed E-state index contributed by atoms with van der Waals surface area (Å²) >= 11 is 15.7. The molecule has 2 aromatic rings. The molecule has 0 aliphatic carbocycles. The van der Waals surface area contributed by atoms with Gasteiger partial charge in [-0.05, 0) is 104 Å². The first-order valence-electron chi connectivity index (χ1n) is 9.83. The molecule has 1 aliphatic heterocycles. The number of hydrogen-bond acceptors (Lipinski definition) is 4. The first kappa shape index (κ1) is 24.4. The Kier molecular flexibility index (Phi) is 8.35. The molecule has 2 aromatic carbocycles. The van der Waals surface area contributed by atoms with Gasteiger partial charge in [-0.2, -0.15) is 0 Å². The van der Waals surface area contributed by atoms with E-state index < -0.39 is 0 Å². The van der Waals surface area contributed by atoms with Gasteiger partial charge in [0.1, 0.15) is 12.4 Å².